The van der Waals surface area contributed by atoms with Crippen molar-refractivity contribution in [2.75, 3.05) is 0 Å². The Balaban J connectivity index is 2.63. The van der Waals surface area contributed by atoms with Gasteiger partial charge >= 0.3 is 0 Å². The van der Waals surface area contributed by atoms with Gasteiger partial charge in [-0.3, -0.25) is 9.36 Å². The zero-order valence-electron chi connectivity index (χ0n) is 5.46. The van der Waals surface area contributed by atoms with Crippen LogP contribution in [0.1, 0.15) is 16.4 Å². The maximum Gasteiger partial charge on any atom is 0.290 e. The lowest BCUT2D eigenvalue weighted by Crippen LogP contribution is -2.14. The highest BCUT2D eigenvalue weighted by molar-refractivity contribution is 5.92. The van der Waals surface area contributed by atoms with Crippen LogP contribution in [-0.4, -0.2) is 20.7 Å². The molecule has 0 bridgehead atoms. The lowest BCUT2D eigenvalue weighted by molar-refractivity contribution is 0.0961. The van der Waals surface area contributed by atoms with Crippen LogP contribution in [0.15, 0.2) is 0 Å². The van der Waals surface area contributed by atoms with Crippen LogP contribution in [-0.2, 0) is 6.67 Å². The molecule has 0 fully saturated rings. The molecule has 0 radical (unpaired) electrons. The summed E-state index contributed by atoms with van der Waals surface area (Å²) in [5, 5.41) is 10.0. The molecule has 0 aliphatic carbocycles. The van der Waals surface area contributed by atoms with Gasteiger partial charge in [-0.25, -0.2) is 0 Å². The minimum atomic E-state index is -0.138. The molecule has 1 aromatic heterocycles. The Morgan fingerprint density at radius 3 is 3.10 bits per heavy atom. The molecule has 0 aromatic carbocycles. The van der Waals surface area contributed by atoms with Gasteiger partial charge in [-0.1, -0.05) is 0 Å². The fourth-order valence-electron chi connectivity index (χ4n) is 0.968. The molecule has 0 saturated carbocycles. The Kier molecular flexibility index (Phi) is 0.841. The van der Waals surface area contributed by atoms with Crippen molar-refractivity contribution >= 4 is 5.91 Å². The van der Waals surface area contributed by atoms with Gasteiger partial charge in [0.25, 0.3) is 5.91 Å². The van der Waals surface area contributed by atoms with E-state index in [1.165, 1.54) is 0 Å². The summed E-state index contributed by atoms with van der Waals surface area (Å²) in [6.45, 7) is 2.32. The number of aromatic nitrogens is 3. The van der Waals surface area contributed by atoms with Gasteiger partial charge in [0.2, 0.25) is 5.82 Å². The van der Waals surface area contributed by atoms with Gasteiger partial charge in [-0.2, -0.15) is 0 Å². The monoisotopic (exact) mass is 138 g/mol. The number of carbonyl (C=O) groups excluding carboxylic acids is 1. The smallest absolute Gasteiger partial charge is 0.290 e. The van der Waals surface area contributed by atoms with E-state index in [9.17, 15) is 4.79 Å². The second-order valence-corrected chi connectivity index (χ2v) is 2.16. The number of fused-ring (bicyclic) bond motifs is 1. The summed E-state index contributed by atoms with van der Waals surface area (Å²) >= 11 is 0. The number of nitrogens with one attached hydrogen (secondary N) is 1. The molecule has 1 N–H and O–H groups in total. The molecule has 1 amide bonds. The second kappa shape index (κ2) is 1.56. The van der Waals surface area contributed by atoms with Crippen molar-refractivity contribution in [1.29, 1.82) is 0 Å². The Labute approximate surface area is 57.1 Å². The molecule has 1 aliphatic rings. The van der Waals surface area contributed by atoms with Crippen molar-refractivity contribution in [3.63, 3.8) is 0 Å². The predicted octanol–water partition coefficient (Wildman–Crippen LogP) is -0.713. The molecule has 5 heteroatoms. The summed E-state index contributed by atoms with van der Waals surface area (Å²) in [5.41, 5.74) is 0. The lowest BCUT2D eigenvalue weighted by atomic mass is 10.6. The topological polar surface area (TPSA) is 59.8 Å². The van der Waals surface area contributed by atoms with Crippen LogP contribution in [0.3, 0.4) is 0 Å². The van der Waals surface area contributed by atoms with Gasteiger partial charge in [0.05, 0.1) is 6.67 Å². The van der Waals surface area contributed by atoms with Gasteiger partial charge < -0.3 is 5.32 Å². The maximum atomic E-state index is 10.8. The maximum absolute atomic E-state index is 10.8. The minimum absolute atomic E-state index is 0.138. The zero-order valence-corrected chi connectivity index (χ0v) is 5.46. The van der Waals surface area contributed by atoms with Gasteiger partial charge in [0.1, 0.15) is 5.82 Å². The van der Waals surface area contributed by atoms with E-state index in [1.807, 2.05) is 6.92 Å². The van der Waals surface area contributed by atoms with Crippen LogP contribution in [0.25, 0.3) is 0 Å². The Morgan fingerprint density at radius 2 is 2.40 bits per heavy atom. The number of aryl methyl sites for hydroxylation is 1. The van der Waals surface area contributed by atoms with Gasteiger partial charge in [-0.05, 0) is 6.92 Å². The first-order valence-electron chi connectivity index (χ1n) is 2.97. The minimum Gasteiger partial charge on any atom is -0.331 e. The van der Waals surface area contributed by atoms with Crippen LogP contribution in [0.4, 0.5) is 0 Å². The largest absolute Gasteiger partial charge is 0.331 e. The van der Waals surface area contributed by atoms with Crippen molar-refractivity contribution in [1.82, 2.24) is 20.1 Å². The average molecular weight is 138 g/mol. The third kappa shape index (κ3) is 0.490. The van der Waals surface area contributed by atoms with Crippen LogP contribution >= 0.6 is 0 Å². The van der Waals surface area contributed by atoms with Crippen LogP contribution in [0.2, 0.25) is 0 Å². The highest BCUT2D eigenvalue weighted by Gasteiger charge is 2.22. The second-order valence-electron chi connectivity index (χ2n) is 2.16. The van der Waals surface area contributed by atoms with E-state index in [-0.39, 0.29) is 5.91 Å². The van der Waals surface area contributed by atoms with E-state index < -0.39 is 0 Å². The van der Waals surface area contributed by atoms with Crippen LogP contribution < -0.4 is 5.32 Å². The number of hydrogen-bond acceptors (Lipinski definition) is 3. The first-order chi connectivity index (χ1) is 4.79. The lowest BCUT2D eigenvalue weighted by Gasteiger charge is -1.91. The van der Waals surface area contributed by atoms with E-state index >= 15 is 0 Å². The molecule has 2 heterocycles. The van der Waals surface area contributed by atoms with E-state index in [1.54, 1.807) is 4.57 Å². The predicted molar refractivity (Wildman–Crippen MR) is 32.2 cm³/mol. The third-order valence-electron chi connectivity index (χ3n) is 1.54. The first kappa shape index (κ1) is 5.40. The first-order valence-corrected chi connectivity index (χ1v) is 2.97. The van der Waals surface area contributed by atoms with Gasteiger partial charge in [-0.15, -0.1) is 10.2 Å². The molecule has 1 aliphatic heterocycles. The highest BCUT2D eigenvalue weighted by Crippen LogP contribution is 2.04. The molecule has 0 saturated heterocycles. The summed E-state index contributed by atoms with van der Waals surface area (Å²) in [6, 6.07) is 0. The highest BCUT2D eigenvalue weighted by atomic mass is 16.2. The SMILES string of the molecule is Cc1nnc2n1CNC2=O. The molecule has 5 nitrogen and oxygen atoms in total. The summed E-state index contributed by atoms with van der Waals surface area (Å²) < 4.78 is 1.74. The van der Waals surface area contributed by atoms with E-state index in [0.717, 1.165) is 5.82 Å². The molecule has 1 aromatic rings. The summed E-state index contributed by atoms with van der Waals surface area (Å²) in [6.07, 6.45) is 0. The van der Waals surface area contributed by atoms with Gasteiger partial charge in [0.15, 0.2) is 0 Å². The fraction of sp³-hybridized carbons (Fsp3) is 0.400. The van der Waals surface area contributed by atoms with E-state index in [0.29, 0.717) is 12.5 Å². The Bertz CT molecular complexity index is 290. The molecule has 0 spiro atoms. The van der Waals surface area contributed by atoms with E-state index in [2.05, 4.69) is 15.5 Å². The number of amides is 1. The van der Waals surface area contributed by atoms with Crippen LogP contribution in [0, 0.1) is 6.92 Å². The molecule has 2 rings (SSSR count). The molecule has 52 valence electrons. The number of carbonyl (C=O) groups is 1. The number of rotatable bonds is 0. The van der Waals surface area contributed by atoms with E-state index in [4.69, 9.17) is 0 Å². The van der Waals surface area contributed by atoms with Crippen molar-refractivity contribution in [2.45, 2.75) is 13.6 Å². The fourth-order valence-corrected chi connectivity index (χ4v) is 0.968. The molecular formula is C5H6N4O. The normalized spacial score (nSPS) is 15.1. The number of hydrogen-bond donors (Lipinski definition) is 1. The quantitative estimate of drug-likeness (QED) is 0.515. The summed E-state index contributed by atoms with van der Waals surface area (Å²) in [7, 11) is 0. The molecule has 0 unspecified atom stereocenters. The molecule has 10 heavy (non-hydrogen) atoms. The zero-order chi connectivity index (χ0) is 7.14. The van der Waals surface area contributed by atoms with Crippen molar-refractivity contribution in [3.05, 3.63) is 11.6 Å². The third-order valence-corrected chi connectivity index (χ3v) is 1.54. The Hall–Kier alpha value is -1.39. The molecule has 0 atom stereocenters. The van der Waals surface area contributed by atoms with Crippen molar-refractivity contribution in [2.24, 2.45) is 0 Å². The van der Waals surface area contributed by atoms with Crippen molar-refractivity contribution < 1.29 is 4.79 Å². The molecular weight excluding hydrogens is 132 g/mol. The van der Waals surface area contributed by atoms with Crippen molar-refractivity contribution in [3.8, 4) is 0 Å². The van der Waals surface area contributed by atoms with Gasteiger partial charge in [0, 0.05) is 0 Å². The number of nitrogens with zero attached hydrogens (tertiary/aromatic N) is 3. The standard InChI is InChI=1S/C5H6N4O/c1-3-7-8-4-5(10)6-2-9(3)4/h2H2,1H3,(H,6,10). The Morgan fingerprint density at radius 1 is 1.60 bits per heavy atom. The average Bonchev–Trinajstić information content (AvgIpc) is 2.41. The van der Waals surface area contributed by atoms with Crippen LogP contribution in [0.5, 0.6) is 0 Å². The summed E-state index contributed by atoms with van der Waals surface area (Å²) in [4.78, 5) is 10.8. The summed E-state index contributed by atoms with van der Waals surface area (Å²) in [5.74, 6) is 1.05.